The minimum absolute atomic E-state index is 0.00670. The number of rotatable bonds is 6. The summed E-state index contributed by atoms with van der Waals surface area (Å²) in [6, 6.07) is 14.8. The molecular formula is C20H19ClN4O3. The van der Waals surface area contributed by atoms with Crippen LogP contribution in [0.15, 0.2) is 54.6 Å². The van der Waals surface area contributed by atoms with E-state index >= 15 is 0 Å². The van der Waals surface area contributed by atoms with Gasteiger partial charge in [0.2, 0.25) is 0 Å². The first-order valence-electron chi connectivity index (χ1n) is 8.80. The van der Waals surface area contributed by atoms with Gasteiger partial charge in [0.1, 0.15) is 5.69 Å². The number of aromatic nitrogens is 2. The molecule has 0 radical (unpaired) electrons. The second-order valence-electron chi connectivity index (χ2n) is 6.39. The average molecular weight is 399 g/mol. The number of halogens is 1. The second kappa shape index (κ2) is 8.22. The number of nitrogens with one attached hydrogen (secondary N) is 1. The number of hydrogen-bond acceptors (Lipinski definition) is 4. The van der Waals surface area contributed by atoms with Crippen molar-refractivity contribution in [1.82, 2.24) is 15.1 Å². The van der Waals surface area contributed by atoms with Crippen molar-refractivity contribution in [2.75, 3.05) is 0 Å². The highest BCUT2D eigenvalue weighted by Crippen LogP contribution is 2.25. The number of nitrogens with zero attached hydrogens (tertiary/aromatic N) is 3. The van der Waals surface area contributed by atoms with Crippen LogP contribution in [-0.4, -0.2) is 26.7 Å². The fourth-order valence-electron chi connectivity index (χ4n) is 2.64. The van der Waals surface area contributed by atoms with E-state index in [1.165, 1.54) is 16.8 Å². The fraction of sp³-hybridized carbons (Fsp3) is 0.200. The lowest BCUT2D eigenvalue weighted by Crippen LogP contribution is -2.33. The Morgan fingerprint density at radius 1 is 1.25 bits per heavy atom. The summed E-state index contributed by atoms with van der Waals surface area (Å²) in [6.07, 6.45) is 0.798. The summed E-state index contributed by atoms with van der Waals surface area (Å²) in [5.41, 5.74) is 2.20. The van der Waals surface area contributed by atoms with Crippen LogP contribution in [0.4, 0.5) is 5.69 Å². The molecule has 1 amide bonds. The molecule has 1 aromatic heterocycles. The lowest BCUT2D eigenvalue weighted by molar-refractivity contribution is -0.384. The fourth-order valence-corrected chi connectivity index (χ4v) is 2.83. The van der Waals surface area contributed by atoms with Gasteiger partial charge < -0.3 is 5.32 Å². The third-order valence-corrected chi connectivity index (χ3v) is 4.59. The van der Waals surface area contributed by atoms with Gasteiger partial charge in [-0.15, -0.1) is 0 Å². The van der Waals surface area contributed by atoms with Gasteiger partial charge in [-0.2, -0.15) is 5.10 Å². The first-order chi connectivity index (χ1) is 13.4. The Bertz CT molecular complexity index is 1010. The third kappa shape index (κ3) is 4.20. The average Bonchev–Trinajstić information content (AvgIpc) is 3.13. The molecule has 1 heterocycles. The van der Waals surface area contributed by atoms with Crippen molar-refractivity contribution in [1.29, 1.82) is 0 Å². The van der Waals surface area contributed by atoms with Gasteiger partial charge in [-0.25, -0.2) is 4.68 Å². The molecule has 0 aliphatic carbocycles. The van der Waals surface area contributed by atoms with Crippen LogP contribution in [0.3, 0.4) is 0 Å². The van der Waals surface area contributed by atoms with Gasteiger partial charge in [-0.3, -0.25) is 14.9 Å². The zero-order valence-corrected chi connectivity index (χ0v) is 16.2. The number of hydrogen-bond donors (Lipinski definition) is 1. The lowest BCUT2D eigenvalue weighted by atomic mass is 10.1. The monoisotopic (exact) mass is 398 g/mol. The first kappa shape index (κ1) is 19.6. The van der Waals surface area contributed by atoms with E-state index in [1.807, 2.05) is 13.8 Å². The van der Waals surface area contributed by atoms with Crippen molar-refractivity contribution in [3.8, 4) is 16.9 Å². The molecule has 0 unspecified atom stereocenters. The Kier molecular flexibility index (Phi) is 5.75. The van der Waals surface area contributed by atoms with Crippen LogP contribution in [0.2, 0.25) is 5.02 Å². The number of nitro groups is 1. The topological polar surface area (TPSA) is 90.1 Å². The number of carbonyl (C=O) groups is 1. The van der Waals surface area contributed by atoms with Gasteiger partial charge in [0.15, 0.2) is 0 Å². The van der Waals surface area contributed by atoms with E-state index in [2.05, 4.69) is 10.4 Å². The molecule has 8 heteroatoms. The van der Waals surface area contributed by atoms with E-state index in [0.29, 0.717) is 27.7 Å². The molecule has 7 nitrogen and oxygen atoms in total. The maximum Gasteiger partial charge on any atom is 0.270 e. The SMILES string of the molecule is CC[C@@H](C)NC(=O)c1cc(-c2ccc([N+](=O)[O-])cc2)nn1-c1cccc(Cl)c1. The molecule has 0 spiro atoms. The van der Waals surface area contributed by atoms with Crippen molar-refractivity contribution in [2.24, 2.45) is 0 Å². The van der Waals surface area contributed by atoms with Crippen molar-refractivity contribution in [2.45, 2.75) is 26.3 Å². The van der Waals surface area contributed by atoms with Gasteiger partial charge in [0.05, 0.1) is 16.3 Å². The van der Waals surface area contributed by atoms with Gasteiger partial charge in [0.25, 0.3) is 11.6 Å². The molecule has 0 saturated carbocycles. The first-order valence-corrected chi connectivity index (χ1v) is 9.18. The van der Waals surface area contributed by atoms with Crippen molar-refractivity contribution in [3.05, 3.63) is 75.4 Å². The van der Waals surface area contributed by atoms with Gasteiger partial charge in [-0.1, -0.05) is 24.6 Å². The van der Waals surface area contributed by atoms with Crippen LogP contribution in [0.1, 0.15) is 30.8 Å². The van der Waals surface area contributed by atoms with Crippen molar-refractivity contribution in [3.63, 3.8) is 0 Å². The molecule has 28 heavy (non-hydrogen) atoms. The number of non-ortho nitro benzene ring substituents is 1. The third-order valence-electron chi connectivity index (χ3n) is 4.36. The Morgan fingerprint density at radius 3 is 2.57 bits per heavy atom. The molecule has 1 atom stereocenters. The molecule has 0 saturated heterocycles. The highest BCUT2D eigenvalue weighted by Gasteiger charge is 2.19. The molecule has 0 bridgehead atoms. The van der Waals surface area contributed by atoms with Crippen molar-refractivity contribution >= 4 is 23.2 Å². The summed E-state index contributed by atoms with van der Waals surface area (Å²) >= 11 is 6.10. The largest absolute Gasteiger partial charge is 0.348 e. The van der Waals surface area contributed by atoms with E-state index in [9.17, 15) is 14.9 Å². The summed E-state index contributed by atoms with van der Waals surface area (Å²) < 4.78 is 1.53. The van der Waals surface area contributed by atoms with E-state index in [4.69, 9.17) is 11.6 Å². The maximum atomic E-state index is 12.8. The molecule has 0 fully saturated rings. The molecule has 1 N–H and O–H groups in total. The summed E-state index contributed by atoms with van der Waals surface area (Å²) in [4.78, 5) is 23.2. The van der Waals surface area contributed by atoms with Gasteiger partial charge in [-0.05, 0) is 49.7 Å². The molecule has 3 aromatic rings. The number of amides is 1. The zero-order valence-electron chi connectivity index (χ0n) is 15.4. The van der Waals surface area contributed by atoms with Crippen LogP contribution in [0, 0.1) is 10.1 Å². The molecule has 144 valence electrons. The van der Waals surface area contributed by atoms with Crippen LogP contribution < -0.4 is 5.32 Å². The number of benzene rings is 2. The minimum Gasteiger partial charge on any atom is -0.348 e. The highest BCUT2D eigenvalue weighted by atomic mass is 35.5. The smallest absolute Gasteiger partial charge is 0.270 e. The van der Waals surface area contributed by atoms with Crippen LogP contribution in [-0.2, 0) is 0 Å². The summed E-state index contributed by atoms with van der Waals surface area (Å²) in [6.45, 7) is 3.91. The molecule has 0 aliphatic rings. The van der Waals surface area contributed by atoms with E-state index in [0.717, 1.165) is 6.42 Å². The minimum atomic E-state index is -0.459. The van der Waals surface area contributed by atoms with Gasteiger partial charge in [0, 0.05) is 28.8 Å². The Labute approximate surface area is 167 Å². The van der Waals surface area contributed by atoms with Crippen molar-refractivity contribution < 1.29 is 9.72 Å². The summed E-state index contributed by atoms with van der Waals surface area (Å²) in [5.74, 6) is -0.255. The lowest BCUT2D eigenvalue weighted by Gasteiger charge is -2.12. The standard InChI is InChI=1S/C20H19ClN4O3/c1-3-13(2)22-20(26)19-12-18(14-7-9-16(10-8-14)25(27)28)23-24(19)17-6-4-5-15(21)11-17/h4-13H,3H2,1-2H3,(H,22,26)/t13-/m1/s1. The van der Waals surface area contributed by atoms with Crippen LogP contribution >= 0.6 is 11.6 Å². The summed E-state index contributed by atoms with van der Waals surface area (Å²) in [5, 5.41) is 18.9. The Balaban J connectivity index is 2.06. The highest BCUT2D eigenvalue weighted by molar-refractivity contribution is 6.30. The van der Waals surface area contributed by atoms with Gasteiger partial charge >= 0.3 is 0 Å². The number of nitro benzene ring substituents is 1. The molecular weight excluding hydrogens is 380 g/mol. The van der Waals surface area contributed by atoms with E-state index in [-0.39, 0.29) is 17.6 Å². The quantitative estimate of drug-likeness (QED) is 0.484. The predicted octanol–water partition coefficient (Wildman–Crippen LogP) is 4.63. The van der Waals surface area contributed by atoms with E-state index in [1.54, 1.807) is 42.5 Å². The predicted molar refractivity (Wildman–Crippen MR) is 108 cm³/mol. The number of carbonyl (C=O) groups excluding carboxylic acids is 1. The maximum absolute atomic E-state index is 12.8. The second-order valence-corrected chi connectivity index (χ2v) is 6.83. The Morgan fingerprint density at radius 2 is 1.96 bits per heavy atom. The molecule has 2 aromatic carbocycles. The molecule has 3 rings (SSSR count). The van der Waals surface area contributed by atoms with Crippen LogP contribution in [0.5, 0.6) is 0 Å². The van der Waals surface area contributed by atoms with Crippen LogP contribution in [0.25, 0.3) is 16.9 Å². The Hall–Kier alpha value is -3.19. The molecule has 0 aliphatic heterocycles. The van der Waals surface area contributed by atoms with E-state index < -0.39 is 4.92 Å². The summed E-state index contributed by atoms with van der Waals surface area (Å²) in [7, 11) is 0. The normalized spacial score (nSPS) is 11.8. The zero-order chi connectivity index (χ0) is 20.3.